The van der Waals surface area contributed by atoms with E-state index in [2.05, 4.69) is 10.5 Å². The monoisotopic (exact) mass is 528 g/mol. The number of ether oxygens (including phenoxy) is 3. The van der Waals surface area contributed by atoms with Crippen LogP contribution >= 0.6 is 11.6 Å². The highest BCUT2D eigenvalue weighted by Crippen LogP contribution is 2.29. The number of esters is 1. The Kier molecular flexibility index (Phi) is 9.10. The summed E-state index contributed by atoms with van der Waals surface area (Å²) in [5.41, 5.74) is 5.00. The normalized spacial score (nSPS) is 10.7. The van der Waals surface area contributed by atoms with Gasteiger partial charge in [0.1, 0.15) is 12.4 Å². The van der Waals surface area contributed by atoms with Gasteiger partial charge in [0.25, 0.3) is 5.91 Å². The van der Waals surface area contributed by atoms with Crippen molar-refractivity contribution in [3.63, 3.8) is 0 Å². The molecule has 38 heavy (non-hydrogen) atoms. The third-order valence-electron chi connectivity index (χ3n) is 5.29. The van der Waals surface area contributed by atoms with E-state index < -0.39 is 5.97 Å². The predicted molar refractivity (Wildman–Crippen MR) is 146 cm³/mol. The van der Waals surface area contributed by atoms with Crippen LogP contribution in [0, 0.1) is 0 Å². The van der Waals surface area contributed by atoms with Gasteiger partial charge in [-0.15, -0.1) is 0 Å². The predicted octanol–water partition coefficient (Wildman–Crippen LogP) is 6.30. The van der Waals surface area contributed by atoms with Crippen molar-refractivity contribution in [1.82, 2.24) is 5.43 Å². The first-order valence-corrected chi connectivity index (χ1v) is 12.2. The van der Waals surface area contributed by atoms with E-state index in [1.165, 1.54) is 6.21 Å². The van der Waals surface area contributed by atoms with Gasteiger partial charge in [-0.25, -0.2) is 10.2 Å². The van der Waals surface area contributed by atoms with E-state index in [9.17, 15) is 9.59 Å². The summed E-state index contributed by atoms with van der Waals surface area (Å²) in [5, 5.41) is 4.56. The van der Waals surface area contributed by atoms with Crippen LogP contribution in [0.25, 0.3) is 0 Å². The number of carbonyl (C=O) groups excluding carboxylic acids is 2. The van der Waals surface area contributed by atoms with Crippen LogP contribution in [0.5, 0.6) is 17.2 Å². The zero-order valence-corrected chi connectivity index (χ0v) is 21.4. The fourth-order valence-electron chi connectivity index (χ4n) is 3.38. The lowest BCUT2D eigenvalue weighted by Gasteiger charge is -2.11. The van der Waals surface area contributed by atoms with Crippen molar-refractivity contribution in [2.24, 2.45) is 5.10 Å². The van der Waals surface area contributed by atoms with Gasteiger partial charge in [-0.2, -0.15) is 5.10 Å². The number of benzene rings is 4. The Morgan fingerprint density at radius 3 is 2.26 bits per heavy atom. The molecule has 1 amide bonds. The molecule has 7 nitrogen and oxygen atoms in total. The van der Waals surface area contributed by atoms with Crippen LogP contribution < -0.4 is 19.6 Å². The molecule has 192 valence electrons. The molecule has 4 rings (SSSR count). The van der Waals surface area contributed by atoms with Crippen LogP contribution in [0.4, 0.5) is 0 Å². The molecule has 0 heterocycles. The van der Waals surface area contributed by atoms with E-state index in [-0.39, 0.29) is 11.7 Å². The van der Waals surface area contributed by atoms with E-state index in [1.807, 2.05) is 37.3 Å². The van der Waals surface area contributed by atoms with E-state index in [1.54, 1.807) is 66.7 Å². The first-order valence-electron chi connectivity index (χ1n) is 11.9. The van der Waals surface area contributed by atoms with Gasteiger partial charge in [0, 0.05) is 10.6 Å². The Hall–Kier alpha value is -4.62. The van der Waals surface area contributed by atoms with Gasteiger partial charge in [-0.1, -0.05) is 41.9 Å². The van der Waals surface area contributed by atoms with E-state index in [0.29, 0.717) is 46.4 Å². The summed E-state index contributed by atoms with van der Waals surface area (Å²) in [6.45, 7) is 2.64. The first kappa shape index (κ1) is 26.4. The fourth-order valence-corrected chi connectivity index (χ4v) is 3.50. The Morgan fingerprint density at radius 1 is 0.842 bits per heavy atom. The first-order chi connectivity index (χ1) is 18.5. The van der Waals surface area contributed by atoms with Gasteiger partial charge in [-0.3, -0.25) is 4.79 Å². The van der Waals surface area contributed by atoms with Crippen molar-refractivity contribution in [2.45, 2.75) is 13.5 Å². The van der Waals surface area contributed by atoms with Crippen molar-refractivity contribution >= 4 is 29.7 Å². The smallest absolute Gasteiger partial charge is 0.343 e. The average Bonchev–Trinajstić information content (AvgIpc) is 2.94. The standard InChI is InChI=1S/C30H25ClN2O5/c1-2-36-28-18-22(8-17-27(28)38-30(35)24-9-13-25(31)14-10-24)19-32-33-29(34)23-11-15-26(16-12-23)37-20-21-6-4-3-5-7-21/h3-19H,2,20H2,1H3,(H,33,34). The molecule has 0 radical (unpaired) electrons. The number of halogens is 1. The SMILES string of the molecule is CCOc1cc(C=NNC(=O)c2ccc(OCc3ccccc3)cc2)ccc1OC(=O)c1ccc(Cl)cc1. The summed E-state index contributed by atoms with van der Waals surface area (Å²) < 4.78 is 16.9. The second kappa shape index (κ2) is 13.1. The molecule has 1 N–H and O–H groups in total. The molecule has 4 aromatic carbocycles. The molecule has 0 fully saturated rings. The molecule has 0 aromatic heterocycles. The average molecular weight is 529 g/mol. The topological polar surface area (TPSA) is 86.2 Å². The Labute approximate surface area is 225 Å². The van der Waals surface area contributed by atoms with Crippen molar-refractivity contribution in [3.8, 4) is 17.2 Å². The number of amides is 1. The number of hydrogen-bond acceptors (Lipinski definition) is 6. The quantitative estimate of drug-likeness (QED) is 0.113. The zero-order valence-electron chi connectivity index (χ0n) is 20.6. The Bertz CT molecular complexity index is 1410. The van der Waals surface area contributed by atoms with Gasteiger partial charge in [0.05, 0.1) is 18.4 Å². The third kappa shape index (κ3) is 7.44. The van der Waals surface area contributed by atoms with E-state index in [0.717, 1.165) is 5.56 Å². The number of hydrazone groups is 1. The van der Waals surface area contributed by atoms with Gasteiger partial charge in [0.15, 0.2) is 11.5 Å². The number of nitrogens with zero attached hydrogens (tertiary/aromatic N) is 1. The van der Waals surface area contributed by atoms with Crippen LogP contribution in [0.15, 0.2) is 102 Å². The van der Waals surface area contributed by atoms with Crippen molar-refractivity contribution < 1.29 is 23.8 Å². The Morgan fingerprint density at radius 2 is 1.55 bits per heavy atom. The molecule has 0 aliphatic heterocycles. The third-order valence-corrected chi connectivity index (χ3v) is 5.55. The Balaban J connectivity index is 1.34. The maximum Gasteiger partial charge on any atom is 0.343 e. The fraction of sp³-hybridized carbons (Fsp3) is 0.100. The minimum absolute atomic E-state index is 0.266. The summed E-state index contributed by atoms with van der Waals surface area (Å²) in [6, 6.07) is 28.0. The van der Waals surface area contributed by atoms with Gasteiger partial charge in [0.2, 0.25) is 0 Å². The van der Waals surface area contributed by atoms with Gasteiger partial charge < -0.3 is 14.2 Å². The van der Waals surface area contributed by atoms with Crippen LogP contribution in [0.3, 0.4) is 0 Å². The van der Waals surface area contributed by atoms with Crippen LogP contribution in [0.1, 0.15) is 38.8 Å². The van der Waals surface area contributed by atoms with Gasteiger partial charge in [-0.05, 0) is 84.8 Å². The van der Waals surface area contributed by atoms with Crippen LogP contribution in [-0.2, 0) is 6.61 Å². The summed E-state index contributed by atoms with van der Waals surface area (Å²) in [7, 11) is 0. The molecule has 0 atom stereocenters. The molecule has 8 heteroatoms. The van der Waals surface area contributed by atoms with Crippen LogP contribution in [-0.4, -0.2) is 24.7 Å². The molecule has 4 aromatic rings. The lowest BCUT2D eigenvalue weighted by molar-refractivity contribution is 0.0728. The zero-order chi connectivity index (χ0) is 26.7. The number of nitrogens with one attached hydrogen (secondary N) is 1. The largest absolute Gasteiger partial charge is 0.490 e. The van der Waals surface area contributed by atoms with Crippen LogP contribution in [0.2, 0.25) is 5.02 Å². The highest BCUT2D eigenvalue weighted by Gasteiger charge is 2.13. The molecule has 0 unspecified atom stereocenters. The summed E-state index contributed by atoms with van der Waals surface area (Å²) in [6.07, 6.45) is 1.47. The molecule has 0 aliphatic rings. The maximum absolute atomic E-state index is 12.5. The second-order valence-corrected chi connectivity index (χ2v) is 8.47. The molecule has 0 spiro atoms. The minimum Gasteiger partial charge on any atom is -0.490 e. The van der Waals surface area contributed by atoms with Crippen molar-refractivity contribution in [3.05, 3.63) is 124 Å². The highest BCUT2D eigenvalue weighted by molar-refractivity contribution is 6.30. The number of hydrogen-bond donors (Lipinski definition) is 1. The minimum atomic E-state index is -0.534. The number of rotatable bonds is 10. The maximum atomic E-state index is 12.5. The summed E-state index contributed by atoms with van der Waals surface area (Å²) >= 11 is 5.88. The van der Waals surface area contributed by atoms with Gasteiger partial charge >= 0.3 is 5.97 Å². The van der Waals surface area contributed by atoms with E-state index >= 15 is 0 Å². The lowest BCUT2D eigenvalue weighted by Crippen LogP contribution is -2.17. The summed E-state index contributed by atoms with van der Waals surface area (Å²) in [5.74, 6) is 0.398. The lowest BCUT2D eigenvalue weighted by atomic mass is 10.2. The molecule has 0 saturated carbocycles. The molecular formula is C30H25ClN2O5. The molecule has 0 saturated heterocycles. The number of carbonyl (C=O) groups is 2. The van der Waals surface area contributed by atoms with E-state index in [4.69, 9.17) is 25.8 Å². The second-order valence-electron chi connectivity index (χ2n) is 8.03. The van der Waals surface area contributed by atoms with Crippen molar-refractivity contribution in [2.75, 3.05) is 6.61 Å². The molecule has 0 aliphatic carbocycles. The molecule has 0 bridgehead atoms. The van der Waals surface area contributed by atoms with Crippen molar-refractivity contribution in [1.29, 1.82) is 0 Å². The highest BCUT2D eigenvalue weighted by atomic mass is 35.5. The molecular weight excluding hydrogens is 504 g/mol. The summed E-state index contributed by atoms with van der Waals surface area (Å²) in [4.78, 5) is 24.9.